The van der Waals surface area contributed by atoms with Crippen LogP contribution in [0.25, 0.3) is 0 Å². The average Bonchev–Trinajstić information content (AvgIpc) is 3.39. The van der Waals surface area contributed by atoms with Gasteiger partial charge in [-0.25, -0.2) is 8.78 Å². The minimum absolute atomic E-state index is 0.120. The maximum absolute atomic E-state index is 13.5. The molecule has 6 heteroatoms. The Hall–Kier alpha value is -2.76. The Kier molecular flexibility index (Phi) is 5.07. The van der Waals surface area contributed by atoms with Crippen molar-refractivity contribution in [2.75, 3.05) is 11.9 Å². The molecule has 2 amide bonds. The lowest BCUT2D eigenvalue weighted by Crippen LogP contribution is -2.29. The molecular weight excluding hydrogens is 326 g/mol. The highest BCUT2D eigenvalue weighted by molar-refractivity contribution is 5.99. The van der Waals surface area contributed by atoms with Crippen molar-refractivity contribution in [2.24, 2.45) is 11.8 Å². The first-order chi connectivity index (χ1) is 12.0. The molecule has 2 aromatic rings. The maximum atomic E-state index is 13.5. The molecule has 2 atom stereocenters. The van der Waals surface area contributed by atoms with E-state index in [1.54, 1.807) is 24.3 Å². The van der Waals surface area contributed by atoms with E-state index in [1.165, 1.54) is 24.3 Å². The number of hydrogen-bond acceptors (Lipinski definition) is 2. The van der Waals surface area contributed by atoms with Crippen LogP contribution in [0, 0.1) is 23.5 Å². The van der Waals surface area contributed by atoms with E-state index in [-0.39, 0.29) is 29.2 Å². The summed E-state index contributed by atoms with van der Waals surface area (Å²) in [6.45, 7) is 0.419. The SMILES string of the molecule is O=C(NCCc1ccc(F)cc1)C1CC1C(=O)Nc1ccccc1F. The maximum Gasteiger partial charge on any atom is 0.228 e. The first-order valence-electron chi connectivity index (χ1n) is 8.12. The Morgan fingerprint density at radius 2 is 1.64 bits per heavy atom. The second-order valence-electron chi connectivity index (χ2n) is 6.09. The van der Waals surface area contributed by atoms with Crippen LogP contribution < -0.4 is 10.6 Å². The Labute approximate surface area is 144 Å². The molecule has 2 aromatic carbocycles. The number of rotatable bonds is 6. The van der Waals surface area contributed by atoms with Crippen molar-refractivity contribution in [2.45, 2.75) is 12.8 Å². The van der Waals surface area contributed by atoms with Crippen LogP contribution in [-0.4, -0.2) is 18.4 Å². The summed E-state index contributed by atoms with van der Waals surface area (Å²) in [5.41, 5.74) is 1.04. The fourth-order valence-corrected chi connectivity index (χ4v) is 2.67. The zero-order valence-electron chi connectivity index (χ0n) is 13.5. The van der Waals surface area contributed by atoms with Crippen LogP contribution in [0.2, 0.25) is 0 Å². The van der Waals surface area contributed by atoms with Gasteiger partial charge in [0, 0.05) is 6.54 Å². The zero-order chi connectivity index (χ0) is 17.8. The van der Waals surface area contributed by atoms with E-state index in [1.807, 2.05) is 0 Å². The van der Waals surface area contributed by atoms with E-state index < -0.39 is 11.7 Å². The molecule has 25 heavy (non-hydrogen) atoms. The van der Waals surface area contributed by atoms with Crippen molar-refractivity contribution < 1.29 is 18.4 Å². The van der Waals surface area contributed by atoms with Crippen molar-refractivity contribution in [3.8, 4) is 0 Å². The molecule has 1 saturated carbocycles. The monoisotopic (exact) mass is 344 g/mol. The second-order valence-corrected chi connectivity index (χ2v) is 6.09. The quantitative estimate of drug-likeness (QED) is 0.847. The highest BCUT2D eigenvalue weighted by Gasteiger charge is 2.47. The summed E-state index contributed by atoms with van der Waals surface area (Å²) in [6, 6.07) is 12.0. The molecule has 0 saturated heterocycles. The van der Waals surface area contributed by atoms with Crippen LogP contribution in [0.3, 0.4) is 0 Å². The van der Waals surface area contributed by atoms with Gasteiger partial charge >= 0.3 is 0 Å². The summed E-state index contributed by atoms with van der Waals surface area (Å²) in [5.74, 6) is -2.13. The molecule has 2 unspecified atom stereocenters. The van der Waals surface area contributed by atoms with Gasteiger partial charge in [0.2, 0.25) is 11.8 Å². The number of halogens is 2. The summed E-state index contributed by atoms with van der Waals surface area (Å²) in [6.07, 6.45) is 1.05. The molecule has 3 rings (SSSR count). The van der Waals surface area contributed by atoms with Crippen molar-refractivity contribution in [1.29, 1.82) is 0 Å². The van der Waals surface area contributed by atoms with Gasteiger partial charge in [0.25, 0.3) is 0 Å². The number of nitrogens with one attached hydrogen (secondary N) is 2. The molecular formula is C19H18F2N2O2. The third-order valence-corrected chi connectivity index (χ3v) is 4.22. The fourth-order valence-electron chi connectivity index (χ4n) is 2.67. The zero-order valence-corrected chi connectivity index (χ0v) is 13.5. The van der Waals surface area contributed by atoms with Gasteiger partial charge in [-0.05, 0) is 42.7 Å². The van der Waals surface area contributed by atoms with Gasteiger partial charge in [0.1, 0.15) is 11.6 Å². The van der Waals surface area contributed by atoms with E-state index in [2.05, 4.69) is 10.6 Å². The third kappa shape index (κ3) is 4.41. The van der Waals surface area contributed by atoms with Crippen molar-refractivity contribution in [3.63, 3.8) is 0 Å². The fraction of sp³-hybridized carbons (Fsp3) is 0.263. The largest absolute Gasteiger partial charge is 0.356 e. The molecule has 130 valence electrons. The smallest absolute Gasteiger partial charge is 0.228 e. The van der Waals surface area contributed by atoms with E-state index in [0.29, 0.717) is 19.4 Å². The van der Waals surface area contributed by atoms with E-state index in [0.717, 1.165) is 5.56 Å². The van der Waals surface area contributed by atoms with Crippen LogP contribution in [0.1, 0.15) is 12.0 Å². The van der Waals surface area contributed by atoms with Crippen molar-refractivity contribution in [1.82, 2.24) is 5.32 Å². The standard InChI is InChI=1S/C19H18F2N2O2/c20-13-7-5-12(6-8-13)9-10-22-18(24)14-11-15(14)19(25)23-17-4-2-1-3-16(17)21/h1-8,14-15H,9-11H2,(H,22,24)(H,23,25). The minimum Gasteiger partial charge on any atom is -0.356 e. The molecule has 0 spiro atoms. The molecule has 0 aliphatic heterocycles. The first kappa shape index (κ1) is 17.1. The van der Waals surface area contributed by atoms with Crippen molar-refractivity contribution >= 4 is 17.5 Å². The van der Waals surface area contributed by atoms with E-state index in [9.17, 15) is 18.4 Å². The first-order valence-corrected chi connectivity index (χ1v) is 8.12. The molecule has 0 aromatic heterocycles. The van der Waals surface area contributed by atoms with Gasteiger partial charge in [-0.1, -0.05) is 24.3 Å². The second kappa shape index (κ2) is 7.42. The molecule has 4 nitrogen and oxygen atoms in total. The molecule has 2 N–H and O–H groups in total. The Morgan fingerprint density at radius 3 is 2.36 bits per heavy atom. The Balaban J connectivity index is 1.43. The lowest BCUT2D eigenvalue weighted by Gasteiger charge is -2.07. The van der Waals surface area contributed by atoms with Gasteiger partial charge in [-0.2, -0.15) is 0 Å². The third-order valence-electron chi connectivity index (χ3n) is 4.22. The van der Waals surface area contributed by atoms with Gasteiger partial charge < -0.3 is 10.6 Å². The topological polar surface area (TPSA) is 58.2 Å². The molecule has 1 aliphatic carbocycles. The van der Waals surface area contributed by atoms with Gasteiger partial charge in [-0.15, -0.1) is 0 Å². The van der Waals surface area contributed by atoms with Crippen LogP contribution >= 0.6 is 0 Å². The molecule has 0 radical (unpaired) electrons. The minimum atomic E-state index is -0.503. The number of anilines is 1. The lowest BCUT2D eigenvalue weighted by atomic mass is 10.1. The average molecular weight is 344 g/mol. The van der Waals surface area contributed by atoms with Crippen LogP contribution in [0.4, 0.5) is 14.5 Å². The number of benzene rings is 2. The van der Waals surface area contributed by atoms with Crippen LogP contribution in [-0.2, 0) is 16.0 Å². The van der Waals surface area contributed by atoms with Gasteiger partial charge in [-0.3, -0.25) is 9.59 Å². The predicted molar refractivity (Wildman–Crippen MR) is 89.7 cm³/mol. The summed E-state index contributed by atoms with van der Waals surface area (Å²) in [4.78, 5) is 24.1. The summed E-state index contributed by atoms with van der Waals surface area (Å²) in [5, 5.41) is 5.30. The number of carbonyl (C=O) groups excluding carboxylic acids is 2. The highest BCUT2D eigenvalue weighted by atomic mass is 19.1. The summed E-state index contributed by atoms with van der Waals surface area (Å²) in [7, 11) is 0. The van der Waals surface area contributed by atoms with Gasteiger partial charge in [0.05, 0.1) is 17.5 Å². The van der Waals surface area contributed by atoms with Crippen LogP contribution in [0.5, 0.6) is 0 Å². The summed E-state index contributed by atoms with van der Waals surface area (Å²) >= 11 is 0. The number of carbonyl (C=O) groups is 2. The lowest BCUT2D eigenvalue weighted by molar-refractivity contribution is -0.125. The van der Waals surface area contributed by atoms with E-state index in [4.69, 9.17) is 0 Å². The predicted octanol–water partition coefficient (Wildman–Crippen LogP) is 2.90. The van der Waals surface area contributed by atoms with Gasteiger partial charge in [0.15, 0.2) is 0 Å². The number of hydrogen-bond donors (Lipinski definition) is 2. The highest BCUT2D eigenvalue weighted by Crippen LogP contribution is 2.39. The van der Waals surface area contributed by atoms with E-state index >= 15 is 0 Å². The Bertz CT molecular complexity index is 777. The number of para-hydroxylation sites is 1. The number of amides is 2. The van der Waals surface area contributed by atoms with Crippen molar-refractivity contribution in [3.05, 3.63) is 65.7 Å². The molecule has 0 bridgehead atoms. The molecule has 0 heterocycles. The van der Waals surface area contributed by atoms with Crippen LogP contribution in [0.15, 0.2) is 48.5 Å². The normalized spacial score (nSPS) is 18.5. The summed E-state index contributed by atoms with van der Waals surface area (Å²) < 4.78 is 26.3. The Morgan fingerprint density at radius 1 is 0.960 bits per heavy atom. The molecule has 1 aliphatic rings. The molecule has 1 fully saturated rings.